The Kier molecular flexibility index (Phi) is 4.74. The van der Waals surface area contributed by atoms with Crippen LogP contribution in [-0.4, -0.2) is 16.5 Å². The van der Waals surface area contributed by atoms with Crippen molar-refractivity contribution in [1.82, 2.24) is 15.3 Å². The molecule has 0 bridgehead atoms. The monoisotopic (exact) mass is 277 g/mol. The standard InChI is InChI=1S/C15H17F2N3/c1-3-6-20-15(12-9-18-7-8-19-12)13-11(16)5-4-10(2)14(13)17/h4-5,7-9,15,20H,3,6H2,1-2H3. The van der Waals surface area contributed by atoms with Gasteiger partial charge in [-0.2, -0.15) is 0 Å². The molecule has 0 aliphatic carbocycles. The van der Waals surface area contributed by atoms with E-state index in [1.54, 1.807) is 6.92 Å². The maximum atomic E-state index is 14.3. The van der Waals surface area contributed by atoms with Crippen LogP contribution in [0.5, 0.6) is 0 Å². The van der Waals surface area contributed by atoms with Gasteiger partial charge in [0.1, 0.15) is 11.6 Å². The molecule has 3 nitrogen and oxygen atoms in total. The highest BCUT2D eigenvalue weighted by molar-refractivity contribution is 5.33. The number of aromatic nitrogens is 2. The molecule has 1 unspecified atom stereocenters. The first-order valence-electron chi connectivity index (χ1n) is 6.59. The third-order valence-corrected chi connectivity index (χ3v) is 3.09. The first kappa shape index (κ1) is 14.5. The summed E-state index contributed by atoms with van der Waals surface area (Å²) in [6.45, 7) is 4.24. The van der Waals surface area contributed by atoms with Crippen molar-refractivity contribution >= 4 is 0 Å². The van der Waals surface area contributed by atoms with Gasteiger partial charge < -0.3 is 5.32 Å². The Balaban J connectivity index is 2.49. The van der Waals surface area contributed by atoms with Gasteiger partial charge in [-0.15, -0.1) is 0 Å². The third-order valence-electron chi connectivity index (χ3n) is 3.09. The molecule has 106 valence electrons. The molecule has 1 heterocycles. The highest BCUT2D eigenvalue weighted by atomic mass is 19.1. The van der Waals surface area contributed by atoms with Crippen molar-refractivity contribution in [3.8, 4) is 0 Å². The summed E-state index contributed by atoms with van der Waals surface area (Å²) in [4.78, 5) is 8.14. The van der Waals surface area contributed by atoms with E-state index in [9.17, 15) is 8.78 Å². The molecule has 0 fully saturated rings. The molecule has 0 amide bonds. The van der Waals surface area contributed by atoms with Gasteiger partial charge in [0.2, 0.25) is 0 Å². The molecule has 0 aliphatic rings. The van der Waals surface area contributed by atoms with E-state index in [1.165, 1.54) is 30.7 Å². The van der Waals surface area contributed by atoms with Crippen molar-refractivity contribution in [2.75, 3.05) is 6.54 Å². The lowest BCUT2D eigenvalue weighted by Crippen LogP contribution is -2.26. The molecule has 0 radical (unpaired) electrons. The van der Waals surface area contributed by atoms with E-state index in [0.29, 0.717) is 17.8 Å². The fraction of sp³-hybridized carbons (Fsp3) is 0.333. The van der Waals surface area contributed by atoms with Crippen molar-refractivity contribution in [2.24, 2.45) is 0 Å². The first-order valence-corrected chi connectivity index (χ1v) is 6.59. The van der Waals surface area contributed by atoms with Crippen LogP contribution in [0, 0.1) is 18.6 Å². The van der Waals surface area contributed by atoms with Crippen LogP contribution in [0.25, 0.3) is 0 Å². The first-order chi connectivity index (χ1) is 9.65. The van der Waals surface area contributed by atoms with Crippen LogP contribution in [0.1, 0.15) is 36.2 Å². The number of aryl methyl sites for hydroxylation is 1. The number of hydrogen-bond acceptors (Lipinski definition) is 3. The molecule has 1 aromatic heterocycles. The van der Waals surface area contributed by atoms with Crippen molar-refractivity contribution in [2.45, 2.75) is 26.3 Å². The highest BCUT2D eigenvalue weighted by Gasteiger charge is 2.23. The number of benzene rings is 1. The summed E-state index contributed by atoms with van der Waals surface area (Å²) in [6.07, 6.45) is 5.42. The zero-order valence-corrected chi connectivity index (χ0v) is 11.5. The second-order valence-corrected chi connectivity index (χ2v) is 4.61. The average molecular weight is 277 g/mol. The van der Waals surface area contributed by atoms with Gasteiger partial charge in [0.05, 0.1) is 17.9 Å². The van der Waals surface area contributed by atoms with Crippen molar-refractivity contribution in [3.05, 3.63) is 59.2 Å². The number of hydrogen-bond donors (Lipinski definition) is 1. The fourth-order valence-corrected chi connectivity index (χ4v) is 2.05. The van der Waals surface area contributed by atoms with Gasteiger partial charge in [-0.25, -0.2) is 8.78 Å². The van der Waals surface area contributed by atoms with Crippen LogP contribution in [0.2, 0.25) is 0 Å². The Morgan fingerprint density at radius 2 is 2.05 bits per heavy atom. The molecule has 0 spiro atoms. The van der Waals surface area contributed by atoms with Crippen LogP contribution in [-0.2, 0) is 0 Å². The second kappa shape index (κ2) is 6.52. The van der Waals surface area contributed by atoms with Crippen LogP contribution in [0.3, 0.4) is 0 Å². The summed E-state index contributed by atoms with van der Waals surface area (Å²) in [5.41, 5.74) is 0.914. The zero-order valence-electron chi connectivity index (χ0n) is 11.5. The summed E-state index contributed by atoms with van der Waals surface area (Å²) in [5.74, 6) is -1.11. The average Bonchev–Trinajstić information content (AvgIpc) is 2.47. The third kappa shape index (κ3) is 2.99. The predicted molar refractivity (Wildman–Crippen MR) is 73.3 cm³/mol. The van der Waals surface area contributed by atoms with Gasteiger partial charge in [0.15, 0.2) is 0 Å². The smallest absolute Gasteiger partial charge is 0.134 e. The van der Waals surface area contributed by atoms with Crippen LogP contribution in [0.4, 0.5) is 8.78 Å². The van der Waals surface area contributed by atoms with Gasteiger partial charge in [-0.05, 0) is 31.5 Å². The lowest BCUT2D eigenvalue weighted by molar-refractivity contribution is 0.493. The van der Waals surface area contributed by atoms with E-state index in [-0.39, 0.29) is 5.56 Å². The Bertz CT molecular complexity index is 573. The Morgan fingerprint density at radius 3 is 2.70 bits per heavy atom. The van der Waals surface area contributed by atoms with Crippen molar-refractivity contribution in [3.63, 3.8) is 0 Å². The van der Waals surface area contributed by atoms with Gasteiger partial charge in [-0.1, -0.05) is 13.0 Å². The molecular formula is C15H17F2N3. The number of nitrogens with zero attached hydrogens (tertiary/aromatic N) is 2. The van der Waals surface area contributed by atoms with Crippen LogP contribution < -0.4 is 5.32 Å². The predicted octanol–water partition coefficient (Wildman–Crippen LogP) is 3.15. The number of rotatable bonds is 5. The molecule has 5 heteroatoms. The highest BCUT2D eigenvalue weighted by Crippen LogP contribution is 2.27. The molecular weight excluding hydrogens is 260 g/mol. The molecule has 0 saturated carbocycles. The van der Waals surface area contributed by atoms with E-state index >= 15 is 0 Å². The summed E-state index contributed by atoms with van der Waals surface area (Å²) in [5, 5.41) is 3.13. The van der Waals surface area contributed by atoms with Crippen LogP contribution in [0.15, 0.2) is 30.7 Å². The lowest BCUT2D eigenvalue weighted by atomic mass is 10.00. The minimum Gasteiger partial charge on any atom is -0.305 e. The Hall–Kier alpha value is -1.88. The topological polar surface area (TPSA) is 37.8 Å². The minimum absolute atomic E-state index is 0.000972. The molecule has 1 atom stereocenters. The van der Waals surface area contributed by atoms with Crippen molar-refractivity contribution in [1.29, 1.82) is 0 Å². The molecule has 1 N–H and O–H groups in total. The van der Waals surface area contributed by atoms with Gasteiger partial charge in [0.25, 0.3) is 0 Å². The fourth-order valence-electron chi connectivity index (χ4n) is 2.05. The summed E-state index contributed by atoms with van der Waals surface area (Å²) >= 11 is 0. The van der Waals surface area contributed by atoms with Gasteiger partial charge in [0, 0.05) is 18.0 Å². The molecule has 0 saturated heterocycles. The zero-order chi connectivity index (χ0) is 14.5. The maximum absolute atomic E-state index is 14.3. The molecule has 2 aromatic rings. The lowest BCUT2D eigenvalue weighted by Gasteiger charge is -2.20. The van der Waals surface area contributed by atoms with Gasteiger partial charge >= 0.3 is 0 Å². The van der Waals surface area contributed by atoms with E-state index < -0.39 is 17.7 Å². The van der Waals surface area contributed by atoms with E-state index in [2.05, 4.69) is 15.3 Å². The van der Waals surface area contributed by atoms with E-state index in [0.717, 1.165) is 6.42 Å². The second-order valence-electron chi connectivity index (χ2n) is 4.61. The normalized spacial score (nSPS) is 12.4. The van der Waals surface area contributed by atoms with Gasteiger partial charge in [-0.3, -0.25) is 9.97 Å². The molecule has 1 aromatic carbocycles. The largest absolute Gasteiger partial charge is 0.305 e. The van der Waals surface area contributed by atoms with Crippen LogP contribution >= 0.6 is 0 Å². The summed E-state index contributed by atoms with van der Waals surface area (Å²) < 4.78 is 28.4. The SMILES string of the molecule is CCCNC(c1cnccn1)c1c(F)ccc(C)c1F. The Labute approximate surface area is 117 Å². The minimum atomic E-state index is -0.636. The Morgan fingerprint density at radius 1 is 1.25 bits per heavy atom. The number of halogens is 2. The molecule has 2 rings (SSSR count). The van der Waals surface area contributed by atoms with Crippen molar-refractivity contribution < 1.29 is 8.78 Å². The summed E-state index contributed by atoms with van der Waals surface area (Å²) in [6, 6.07) is 2.08. The quantitative estimate of drug-likeness (QED) is 0.912. The van der Waals surface area contributed by atoms with E-state index in [4.69, 9.17) is 0 Å². The summed E-state index contributed by atoms with van der Waals surface area (Å²) in [7, 11) is 0. The molecule has 20 heavy (non-hydrogen) atoms. The number of nitrogens with one attached hydrogen (secondary N) is 1. The molecule has 0 aliphatic heterocycles. The van der Waals surface area contributed by atoms with E-state index in [1.807, 2.05) is 6.92 Å². The maximum Gasteiger partial charge on any atom is 0.134 e.